The van der Waals surface area contributed by atoms with Crippen LogP contribution >= 0.6 is 0 Å². The van der Waals surface area contributed by atoms with Crippen molar-refractivity contribution in [3.8, 4) is 23.5 Å². The molecule has 5 rings (SSSR count). The fourth-order valence-electron chi connectivity index (χ4n) is 3.34. The SMILES string of the molecule is CNc1ncc2c3cc(ncc13)Nc1cccc(n1)O[C@H](C)COc1ccnc(c1)C#C2. The Balaban J connectivity index is 1.66. The molecule has 0 saturated heterocycles. The molecular weight excluding hydrogens is 404 g/mol. The smallest absolute Gasteiger partial charge is 0.215 e. The molecule has 0 aliphatic carbocycles. The van der Waals surface area contributed by atoms with Gasteiger partial charge >= 0.3 is 0 Å². The minimum absolute atomic E-state index is 0.207. The Hall–Kier alpha value is -4.38. The van der Waals surface area contributed by atoms with E-state index in [1.165, 1.54) is 0 Å². The van der Waals surface area contributed by atoms with Crippen LogP contribution in [0.5, 0.6) is 11.6 Å². The number of nitrogens with one attached hydrogen (secondary N) is 2. The fraction of sp³-hybridized carbons (Fsp3) is 0.167. The third-order valence-corrected chi connectivity index (χ3v) is 4.85. The molecule has 1 aliphatic rings. The number of nitrogens with zero attached hydrogens (tertiary/aromatic N) is 4. The first-order valence-corrected chi connectivity index (χ1v) is 10.2. The Morgan fingerprint density at radius 2 is 1.97 bits per heavy atom. The summed E-state index contributed by atoms with van der Waals surface area (Å²) in [6.45, 7) is 2.28. The highest BCUT2D eigenvalue weighted by atomic mass is 16.5. The molecule has 5 heterocycles. The maximum Gasteiger partial charge on any atom is 0.215 e. The number of hydrogen-bond donors (Lipinski definition) is 2. The van der Waals surface area contributed by atoms with Crippen LogP contribution in [0.4, 0.5) is 17.5 Å². The summed E-state index contributed by atoms with van der Waals surface area (Å²) in [5.41, 5.74) is 1.37. The monoisotopic (exact) mass is 424 g/mol. The molecule has 8 heteroatoms. The molecule has 0 amide bonds. The lowest BCUT2D eigenvalue weighted by molar-refractivity contribution is 0.138. The molecule has 0 fully saturated rings. The minimum atomic E-state index is -0.207. The van der Waals surface area contributed by atoms with Crippen LogP contribution in [0.15, 0.2) is 55.0 Å². The lowest BCUT2D eigenvalue weighted by atomic mass is 10.1. The lowest BCUT2D eigenvalue weighted by Gasteiger charge is -2.15. The Kier molecular flexibility index (Phi) is 5.14. The normalized spacial score (nSPS) is 14.9. The van der Waals surface area contributed by atoms with Gasteiger partial charge in [0.1, 0.15) is 41.6 Å². The molecule has 0 aromatic carbocycles. The molecule has 4 aromatic rings. The molecule has 8 nitrogen and oxygen atoms in total. The number of pyridine rings is 4. The zero-order valence-corrected chi connectivity index (χ0v) is 17.6. The fourth-order valence-corrected chi connectivity index (χ4v) is 3.34. The van der Waals surface area contributed by atoms with Crippen molar-refractivity contribution in [2.75, 3.05) is 24.3 Å². The molecule has 32 heavy (non-hydrogen) atoms. The van der Waals surface area contributed by atoms with Gasteiger partial charge in [-0.3, -0.25) is 0 Å². The predicted molar refractivity (Wildman–Crippen MR) is 122 cm³/mol. The second kappa shape index (κ2) is 8.40. The summed E-state index contributed by atoms with van der Waals surface area (Å²) in [6, 6.07) is 11.1. The Morgan fingerprint density at radius 1 is 1.03 bits per heavy atom. The van der Waals surface area contributed by atoms with Gasteiger partial charge in [-0.15, -0.1) is 0 Å². The summed E-state index contributed by atoms with van der Waals surface area (Å²) in [6.07, 6.45) is 4.98. The van der Waals surface area contributed by atoms with E-state index < -0.39 is 0 Å². The summed E-state index contributed by atoms with van der Waals surface area (Å²) in [7, 11) is 1.83. The predicted octanol–water partition coefficient (Wildman–Crippen LogP) is 3.76. The van der Waals surface area contributed by atoms with E-state index in [4.69, 9.17) is 9.47 Å². The largest absolute Gasteiger partial charge is 0.490 e. The van der Waals surface area contributed by atoms with Crippen molar-refractivity contribution in [2.24, 2.45) is 0 Å². The number of rotatable bonds is 1. The first-order valence-electron chi connectivity index (χ1n) is 10.2. The highest BCUT2D eigenvalue weighted by molar-refractivity contribution is 5.96. The van der Waals surface area contributed by atoms with E-state index in [1.807, 2.05) is 44.3 Å². The van der Waals surface area contributed by atoms with Gasteiger partial charge in [0.05, 0.1) is 5.56 Å². The Bertz CT molecular complexity index is 1360. The van der Waals surface area contributed by atoms with Crippen LogP contribution in [0.2, 0.25) is 0 Å². The molecule has 4 aromatic heterocycles. The minimum Gasteiger partial charge on any atom is -0.490 e. The molecule has 0 spiro atoms. The van der Waals surface area contributed by atoms with Crippen LogP contribution in [0, 0.1) is 11.8 Å². The molecule has 0 unspecified atom stereocenters. The number of ether oxygens (including phenoxy) is 2. The third kappa shape index (κ3) is 4.09. The number of aromatic nitrogens is 4. The highest BCUT2D eigenvalue weighted by Crippen LogP contribution is 2.27. The number of anilines is 3. The van der Waals surface area contributed by atoms with Gasteiger partial charge in [0.2, 0.25) is 5.88 Å². The lowest BCUT2D eigenvalue weighted by Crippen LogP contribution is -2.21. The molecule has 1 atom stereocenters. The number of hydrogen-bond acceptors (Lipinski definition) is 8. The van der Waals surface area contributed by atoms with Gasteiger partial charge in [0, 0.05) is 48.5 Å². The second-order valence-electron chi connectivity index (χ2n) is 7.24. The maximum absolute atomic E-state index is 5.93. The Morgan fingerprint density at radius 3 is 2.88 bits per heavy atom. The quantitative estimate of drug-likeness (QED) is 0.446. The second-order valence-corrected chi connectivity index (χ2v) is 7.24. The van der Waals surface area contributed by atoms with Gasteiger partial charge in [-0.1, -0.05) is 12.0 Å². The van der Waals surface area contributed by atoms with Crippen molar-refractivity contribution in [3.05, 3.63) is 66.2 Å². The first kappa shape index (κ1) is 19.6. The van der Waals surface area contributed by atoms with Gasteiger partial charge in [-0.05, 0) is 31.0 Å². The summed E-state index contributed by atoms with van der Waals surface area (Å²) in [5.74, 6) is 9.47. The summed E-state index contributed by atoms with van der Waals surface area (Å²) in [5, 5.41) is 8.13. The molecular formula is C24H20N6O2. The van der Waals surface area contributed by atoms with Gasteiger partial charge in [0.15, 0.2) is 0 Å². The molecule has 158 valence electrons. The van der Waals surface area contributed by atoms with E-state index in [2.05, 4.69) is 42.4 Å². The number of fused-ring (bicyclic) bond motifs is 5. The van der Waals surface area contributed by atoms with Crippen LogP contribution < -0.4 is 20.1 Å². The topological polar surface area (TPSA) is 94.1 Å². The zero-order chi connectivity index (χ0) is 21.9. The van der Waals surface area contributed by atoms with Crippen molar-refractivity contribution < 1.29 is 9.47 Å². The van der Waals surface area contributed by atoms with Crippen molar-refractivity contribution in [1.82, 2.24) is 19.9 Å². The summed E-state index contributed by atoms with van der Waals surface area (Å²) < 4.78 is 11.8. The summed E-state index contributed by atoms with van der Waals surface area (Å²) in [4.78, 5) is 17.9. The summed E-state index contributed by atoms with van der Waals surface area (Å²) >= 11 is 0. The van der Waals surface area contributed by atoms with Crippen molar-refractivity contribution >= 4 is 28.2 Å². The van der Waals surface area contributed by atoms with Gasteiger partial charge in [-0.25, -0.2) is 15.0 Å². The van der Waals surface area contributed by atoms with Crippen molar-refractivity contribution in [2.45, 2.75) is 13.0 Å². The van der Waals surface area contributed by atoms with E-state index in [0.29, 0.717) is 35.6 Å². The average Bonchev–Trinajstić information content (AvgIpc) is 2.81. The van der Waals surface area contributed by atoms with Crippen molar-refractivity contribution in [1.29, 1.82) is 0 Å². The van der Waals surface area contributed by atoms with Crippen LogP contribution in [0.3, 0.4) is 0 Å². The molecule has 0 saturated carbocycles. The standard InChI is InChI=1S/C24H20N6O2/c1-15-14-31-18-8-9-26-17(10-18)7-6-16-12-28-24(25-2)20-13-27-22(11-19(16)20)29-21-4-3-5-23(30-21)32-15/h3-5,8-13,15H,14H2,1-2H3,(H,25,28)(H,27,29,30)/t15-/m1/s1. The van der Waals surface area contributed by atoms with E-state index >= 15 is 0 Å². The van der Waals surface area contributed by atoms with Gasteiger partial charge in [0.25, 0.3) is 0 Å². The average molecular weight is 424 g/mol. The van der Waals surface area contributed by atoms with Gasteiger partial charge in [-0.2, -0.15) is 4.98 Å². The molecule has 6 bridgehead atoms. The van der Waals surface area contributed by atoms with E-state index in [-0.39, 0.29) is 6.10 Å². The Labute approximate surface area is 185 Å². The molecule has 1 aliphatic heterocycles. The third-order valence-electron chi connectivity index (χ3n) is 4.85. The maximum atomic E-state index is 5.93. The van der Waals surface area contributed by atoms with Crippen molar-refractivity contribution in [3.63, 3.8) is 0 Å². The van der Waals surface area contributed by atoms with E-state index in [0.717, 1.165) is 22.2 Å². The van der Waals surface area contributed by atoms with Crippen LogP contribution in [0.25, 0.3) is 10.8 Å². The van der Waals surface area contributed by atoms with Crippen LogP contribution in [-0.4, -0.2) is 39.7 Å². The van der Waals surface area contributed by atoms with Crippen LogP contribution in [-0.2, 0) is 0 Å². The van der Waals surface area contributed by atoms with Gasteiger partial charge < -0.3 is 20.1 Å². The van der Waals surface area contributed by atoms with E-state index in [9.17, 15) is 0 Å². The molecule has 2 N–H and O–H groups in total. The zero-order valence-electron chi connectivity index (χ0n) is 17.6. The highest BCUT2D eigenvalue weighted by Gasteiger charge is 2.11. The van der Waals surface area contributed by atoms with E-state index in [1.54, 1.807) is 24.7 Å². The first-order chi connectivity index (χ1) is 15.7. The molecule has 0 radical (unpaired) electrons. The van der Waals surface area contributed by atoms with Crippen LogP contribution in [0.1, 0.15) is 18.2 Å².